The number of aryl methyl sites for hydroxylation is 1. The van der Waals surface area contributed by atoms with E-state index in [9.17, 15) is 14.9 Å². The van der Waals surface area contributed by atoms with Crippen LogP contribution in [0.2, 0.25) is 0 Å². The van der Waals surface area contributed by atoms with Crippen molar-refractivity contribution in [2.75, 3.05) is 13.1 Å². The van der Waals surface area contributed by atoms with Gasteiger partial charge in [0.15, 0.2) is 0 Å². The monoisotopic (exact) mass is 398 g/mol. The van der Waals surface area contributed by atoms with Gasteiger partial charge in [-0.15, -0.1) is 0 Å². The first kappa shape index (κ1) is 19.6. The fraction of sp³-hybridized carbons (Fsp3) is 0.250. The molecular formula is C24H22N4O2. The summed E-state index contributed by atoms with van der Waals surface area (Å²) in [4.78, 5) is 31.9. The third kappa shape index (κ3) is 3.74. The maximum Gasteiger partial charge on any atom is 0.266 e. The maximum absolute atomic E-state index is 13.0. The van der Waals surface area contributed by atoms with E-state index in [1.54, 1.807) is 17.0 Å². The Balaban J connectivity index is 1.70. The molecule has 0 saturated carbocycles. The number of likely N-dealkylation sites (tertiary alicyclic amines) is 1. The molecule has 0 bridgehead atoms. The third-order valence-corrected chi connectivity index (χ3v) is 5.41. The highest BCUT2D eigenvalue weighted by Gasteiger charge is 2.29. The number of rotatable bonds is 2. The average Bonchev–Trinajstić information content (AvgIpc) is 3.13. The van der Waals surface area contributed by atoms with E-state index in [1.807, 2.05) is 43.3 Å². The number of benzene rings is 2. The van der Waals surface area contributed by atoms with Crippen molar-refractivity contribution in [3.63, 3.8) is 0 Å². The molecule has 2 aliphatic rings. The van der Waals surface area contributed by atoms with Gasteiger partial charge in [-0.25, -0.2) is 4.99 Å². The summed E-state index contributed by atoms with van der Waals surface area (Å²) in [5, 5.41) is 12.6. The van der Waals surface area contributed by atoms with Crippen molar-refractivity contribution < 1.29 is 9.59 Å². The Bertz CT molecular complexity index is 1100. The summed E-state index contributed by atoms with van der Waals surface area (Å²) in [6.07, 6.45) is 2.98. The summed E-state index contributed by atoms with van der Waals surface area (Å²) < 4.78 is 0. The molecule has 6 nitrogen and oxygen atoms in total. The molecule has 0 aliphatic carbocycles. The highest BCUT2D eigenvalue weighted by molar-refractivity contribution is 6.20. The number of aliphatic imine (C=N–C) groups is 1. The van der Waals surface area contributed by atoms with E-state index in [1.165, 1.54) is 0 Å². The molecule has 0 atom stereocenters. The van der Waals surface area contributed by atoms with E-state index in [-0.39, 0.29) is 17.4 Å². The first-order valence-corrected chi connectivity index (χ1v) is 10.1. The molecule has 2 aliphatic heterocycles. The summed E-state index contributed by atoms with van der Waals surface area (Å²) in [6, 6.07) is 16.6. The van der Waals surface area contributed by atoms with Gasteiger partial charge >= 0.3 is 0 Å². The van der Waals surface area contributed by atoms with Gasteiger partial charge in [0, 0.05) is 29.8 Å². The summed E-state index contributed by atoms with van der Waals surface area (Å²) in [5.74, 6) is -0.229. The standard InChI is InChI=1S/C24H22N4O2/c1-16-9-11-17(12-10-16)23(29)27-22-19-8-4-3-7-18(19)21(26-22)20(15-25)24(30)28-13-5-2-6-14-28/h3-4,7-12H,2,5-6,13-14H2,1H3,(H,26,27,29)/b21-20-. The minimum Gasteiger partial charge on any atom is -0.338 e. The number of nitriles is 1. The number of hydrogen-bond donors (Lipinski definition) is 1. The minimum absolute atomic E-state index is 0.0175. The van der Waals surface area contributed by atoms with Gasteiger partial charge < -0.3 is 10.2 Å². The SMILES string of the molecule is Cc1ccc(C(=O)NC2=N/C(=C(/C#N)C(=O)N3CCCCC3)c3ccccc32)cc1. The Labute approximate surface area is 175 Å². The van der Waals surface area contributed by atoms with E-state index in [2.05, 4.69) is 16.4 Å². The third-order valence-electron chi connectivity index (χ3n) is 5.41. The van der Waals surface area contributed by atoms with Crippen LogP contribution in [-0.4, -0.2) is 35.6 Å². The fourth-order valence-corrected chi connectivity index (χ4v) is 3.76. The smallest absolute Gasteiger partial charge is 0.266 e. The Morgan fingerprint density at radius 1 is 1.00 bits per heavy atom. The van der Waals surface area contributed by atoms with Crippen molar-refractivity contribution in [2.24, 2.45) is 4.99 Å². The average molecular weight is 398 g/mol. The molecule has 0 spiro atoms. The van der Waals surface area contributed by atoms with Crippen LogP contribution in [0.1, 0.15) is 46.3 Å². The Hall–Kier alpha value is -3.72. The zero-order valence-corrected chi connectivity index (χ0v) is 16.8. The van der Waals surface area contributed by atoms with Crippen LogP contribution in [0.5, 0.6) is 0 Å². The van der Waals surface area contributed by atoms with E-state index >= 15 is 0 Å². The van der Waals surface area contributed by atoms with Crippen LogP contribution >= 0.6 is 0 Å². The molecule has 2 aromatic carbocycles. The molecule has 2 heterocycles. The highest BCUT2D eigenvalue weighted by Crippen LogP contribution is 2.31. The number of fused-ring (bicyclic) bond motifs is 1. The topological polar surface area (TPSA) is 85.6 Å². The number of nitrogens with zero attached hydrogens (tertiary/aromatic N) is 3. The van der Waals surface area contributed by atoms with Gasteiger partial charge in [0.05, 0.1) is 5.70 Å². The number of amides is 2. The predicted octanol–water partition coefficient (Wildman–Crippen LogP) is 3.43. The second-order valence-electron chi connectivity index (χ2n) is 7.51. The van der Waals surface area contributed by atoms with Gasteiger partial charge in [0.25, 0.3) is 11.8 Å². The predicted molar refractivity (Wildman–Crippen MR) is 115 cm³/mol. The molecule has 6 heteroatoms. The molecule has 30 heavy (non-hydrogen) atoms. The second-order valence-corrected chi connectivity index (χ2v) is 7.51. The van der Waals surface area contributed by atoms with Gasteiger partial charge in [0.2, 0.25) is 0 Å². The fourth-order valence-electron chi connectivity index (χ4n) is 3.76. The lowest BCUT2D eigenvalue weighted by atomic mass is 10.0. The largest absolute Gasteiger partial charge is 0.338 e. The van der Waals surface area contributed by atoms with Crippen LogP contribution in [0.3, 0.4) is 0 Å². The molecule has 1 N–H and O–H groups in total. The Morgan fingerprint density at radius 2 is 1.67 bits per heavy atom. The van der Waals surface area contributed by atoms with Crippen LogP contribution in [0, 0.1) is 18.3 Å². The number of carbonyl (C=O) groups is 2. The lowest BCUT2D eigenvalue weighted by Gasteiger charge is -2.26. The number of carbonyl (C=O) groups excluding carboxylic acids is 2. The first-order chi connectivity index (χ1) is 14.6. The van der Waals surface area contributed by atoms with Crippen molar-refractivity contribution in [1.82, 2.24) is 10.2 Å². The van der Waals surface area contributed by atoms with Crippen LogP contribution in [0.25, 0.3) is 5.70 Å². The number of hydrogen-bond acceptors (Lipinski definition) is 4. The van der Waals surface area contributed by atoms with Gasteiger partial charge in [-0.1, -0.05) is 42.0 Å². The summed E-state index contributed by atoms with van der Waals surface area (Å²) in [5.41, 5.74) is 3.30. The zero-order valence-electron chi connectivity index (χ0n) is 16.8. The number of nitrogens with one attached hydrogen (secondary N) is 1. The highest BCUT2D eigenvalue weighted by atomic mass is 16.2. The minimum atomic E-state index is -0.295. The molecular weight excluding hydrogens is 376 g/mol. The van der Waals surface area contributed by atoms with Gasteiger partial charge in [-0.2, -0.15) is 5.26 Å². The molecule has 2 amide bonds. The molecule has 2 aromatic rings. The first-order valence-electron chi connectivity index (χ1n) is 10.1. The van der Waals surface area contributed by atoms with Crippen LogP contribution in [-0.2, 0) is 4.79 Å². The summed E-state index contributed by atoms with van der Waals surface area (Å²) in [7, 11) is 0. The zero-order chi connectivity index (χ0) is 21.1. The van der Waals surface area contributed by atoms with Crippen molar-refractivity contribution in [3.05, 3.63) is 76.4 Å². The van der Waals surface area contributed by atoms with Crippen molar-refractivity contribution >= 4 is 23.3 Å². The van der Waals surface area contributed by atoms with Crippen molar-refractivity contribution in [1.29, 1.82) is 5.26 Å². The molecule has 1 fully saturated rings. The maximum atomic E-state index is 13.0. The van der Waals surface area contributed by atoms with E-state index in [4.69, 9.17) is 0 Å². The van der Waals surface area contributed by atoms with Gasteiger partial charge in [-0.05, 0) is 38.3 Å². The molecule has 150 valence electrons. The van der Waals surface area contributed by atoms with E-state index < -0.39 is 0 Å². The van der Waals surface area contributed by atoms with Crippen LogP contribution in [0.4, 0.5) is 0 Å². The molecule has 1 saturated heterocycles. The molecule has 0 unspecified atom stereocenters. The Morgan fingerprint density at radius 3 is 2.33 bits per heavy atom. The van der Waals surface area contributed by atoms with Crippen LogP contribution in [0.15, 0.2) is 59.1 Å². The molecule has 0 aromatic heterocycles. The summed E-state index contributed by atoms with van der Waals surface area (Å²) in [6.45, 7) is 3.26. The van der Waals surface area contributed by atoms with Crippen molar-refractivity contribution in [2.45, 2.75) is 26.2 Å². The Kier molecular flexibility index (Phi) is 5.44. The van der Waals surface area contributed by atoms with Crippen molar-refractivity contribution in [3.8, 4) is 6.07 Å². The van der Waals surface area contributed by atoms with E-state index in [0.717, 1.165) is 24.8 Å². The van der Waals surface area contributed by atoms with Gasteiger partial charge in [-0.3, -0.25) is 9.59 Å². The quantitative estimate of drug-likeness (QED) is 0.621. The number of amidine groups is 1. The lowest BCUT2D eigenvalue weighted by Crippen LogP contribution is -2.36. The molecule has 4 rings (SSSR count). The lowest BCUT2D eigenvalue weighted by molar-refractivity contribution is -0.127. The normalized spacial score (nSPS) is 16.9. The molecule has 0 radical (unpaired) electrons. The van der Waals surface area contributed by atoms with Crippen LogP contribution < -0.4 is 5.32 Å². The second kappa shape index (κ2) is 8.34. The summed E-state index contributed by atoms with van der Waals surface area (Å²) >= 11 is 0. The van der Waals surface area contributed by atoms with Gasteiger partial charge in [0.1, 0.15) is 17.5 Å². The number of piperidine rings is 1. The van der Waals surface area contributed by atoms with E-state index in [0.29, 0.717) is 41.3 Å².